The highest BCUT2D eigenvalue weighted by Gasteiger charge is 2.32. The van der Waals surface area contributed by atoms with E-state index in [1.165, 1.54) is 0 Å². The van der Waals surface area contributed by atoms with Crippen molar-refractivity contribution in [2.45, 2.75) is 32.6 Å². The first kappa shape index (κ1) is 13.4. The average molecular weight is 235 g/mol. The fourth-order valence-electron chi connectivity index (χ4n) is 1.44. The monoisotopic (exact) mass is 235 g/mol. The second-order valence-corrected chi connectivity index (χ2v) is 4.24. The Balaban J connectivity index is 2.77. The Hall–Kier alpha value is -1.71. The van der Waals surface area contributed by atoms with Gasteiger partial charge in [0.25, 0.3) is 0 Å². The summed E-state index contributed by atoms with van der Waals surface area (Å²) in [5.74, 6) is -0.670. The number of carbonyl (C=O) groups is 2. The van der Waals surface area contributed by atoms with Crippen molar-refractivity contribution in [3.63, 3.8) is 0 Å². The predicted octanol–water partition coefficient (Wildman–Crippen LogP) is 1.88. The molecule has 1 aromatic rings. The molecule has 0 bridgehead atoms. The fourth-order valence-corrected chi connectivity index (χ4v) is 1.44. The smallest absolute Gasteiger partial charge is 0.313 e. The molecule has 1 rings (SSSR count). The van der Waals surface area contributed by atoms with Gasteiger partial charge in [-0.05, 0) is 32.9 Å². The largest absolute Gasteiger partial charge is 0.466 e. The van der Waals surface area contributed by atoms with Crippen LogP contribution in [0.25, 0.3) is 0 Å². The number of aromatic nitrogens is 1. The van der Waals surface area contributed by atoms with Gasteiger partial charge < -0.3 is 4.74 Å². The molecule has 0 unspecified atom stereocenters. The van der Waals surface area contributed by atoms with Crippen molar-refractivity contribution in [2.75, 3.05) is 6.61 Å². The zero-order valence-corrected chi connectivity index (χ0v) is 10.4. The van der Waals surface area contributed by atoms with Gasteiger partial charge in [0.05, 0.1) is 17.7 Å². The first-order chi connectivity index (χ1) is 7.98. The van der Waals surface area contributed by atoms with Gasteiger partial charge in [0, 0.05) is 6.20 Å². The Morgan fingerprint density at radius 2 is 2.06 bits per heavy atom. The van der Waals surface area contributed by atoms with Crippen LogP contribution in [0.2, 0.25) is 0 Å². The minimum atomic E-state index is -0.770. The van der Waals surface area contributed by atoms with E-state index in [2.05, 4.69) is 4.98 Å². The molecule has 0 aliphatic rings. The minimum Gasteiger partial charge on any atom is -0.466 e. The molecule has 0 aliphatic heterocycles. The third-order valence-corrected chi connectivity index (χ3v) is 2.61. The van der Waals surface area contributed by atoms with E-state index in [-0.39, 0.29) is 18.8 Å². The molecule has 0 saturated carbocycles. The molecule has 0 aromatic carbocycles. The molecule has 0 radical (unpaired) electrons. The first-order valence-electron chi connectivity index (χ1n) is 5.59. The maximum atomic E-state index is 12.0. The molecular formula is C13H17NO3. The number of pyridine rings is 1. The van der Waals surface area contributed by atoms with Gasteiger partial charge in [-0.1, -0.05) is 6.07 Å². The normalized spacial score (nSPS) is 11.0. The van der Waals surface area contributed by atoms with Crippen LogP contribution in [0.1, 0.15) is 32.9 Å². The fraction of sp³-hybridized carbons (Fsp3) is 0.462. The molecule has 0 atom stereocenters. The van der Waals surface area contributed by atoms with Crippen molar-refractivity contribution in [1.82, 2.24) is 4.98 Å². The number of Topliss-reactive ketones (excluding diaryl/α,β-unsaturated/α-hetero) is 1. The number of carbonyl (C=O) groups excluding carboxylic acids is 2. The summed E-state index contributed by atoms with van der Waals surface area (Å²) in [5.41, 5.74) is -0.108. The Kier molecular flexibility index (Phi) is 4.37. The van der Waals surface area contributed by atoms with Crippen molar-refractivity contribution in [3.8, 4) is 0 Å². The number of hydrogen-bond donors (Lipinski definition) is 0. The summed E-state index contributed by atoms with van der Waals surface area (Å²) in [6.07, 6.45) is 1.42. The Morgan fingerprint density at radius 3 is 2.59 bits per heavy atom. The zero-order chi connectivity index (χ0) is 12.9. The molecule has 0 aliphatic carbocycles. The summed E-state index contributed by atoms with van der Waals surface area (Å²) in [7, 11) is 0. The zero-order valence-electron chi connectivity index (χ0n) is 10.4. The van der Waals surface area contributed by atoms with E-state index in [0.717, 1.165) is 0 Å². The Bertz CT molecular complexity index is 398. The van der Waals surface area contributed by atoms with Crippen LogP contribution in [0, 0.1) is 0 Å². The van der Waals surface area contributed by atoms with Gasteiger partial charge >= 0.3 is 5.97 Å². The molecule has 0 N–H and O–H groups in total. The van der Waals surface area contributed by atoms with E-state index in [1.54, 1.807) is 39.1 Å². The third kappa shape index (κ3) is 3.37. The van der Waals surface area contributed by atoms with Crippen molar-refractivity contribution in [2.24, 2.45) is 0 Å². The lowest BCUT2D eigenvalue weighted by molar-refractivity contribution is -0.146. The van der Waals surface area contributed by atoms with Gasteiger partial charge in [-0.2, -0.15) is 0 Å². The van der Waals surface area contributed by atoms with E-state index < -0.39 is 11.4 Å². The molecule has 4 heteroatoms. The van der Waals surface area contributed by atoms with Crippen LogP contribution >= 0.6 is 0 Å². The van der Waals surface area contributed by atoms with Crippen LogP contribution < -0.4 is 0 Å². The molecule has 0 saturated heterocycles. The van der Waals surface area contributed by atoms with Crippen LogP contribution in [0.4, 0.5) is 0 Å². The van der Waals surface area contributed by atoms with Crippen LogP contribution in [0.5, 0.6) is 0 Å². The molecule has 0 fully saturated rings. The number of rotatable bonds is 5. The topological polar surface area (TPSA) is 56.3 Å². The van der Waals surface area contributed by atoms with Gasteiger partial charge in [0.15, 0.2) is 5.78 Å². The Morgan fingerprint density at radius 1 is 1.35 bits per heavy atom. The third-order valence-electron chi connectivity index (χ3n) is 2.61. The Labute approximate surface area is 101 Å². The highest BCUT2D eigenvalue weighted by molar-refractivity contribution is 6.01. The highest BCUT2D eigenvalue weighted by atomic mass is 16.5. The molecular weight excluding hydrogens is 218 g/mol. The highest BCUT2D eigenvalue weighted by Crippen LogP contribution is 2.23. The number of ether oxygens (including phenoxy) is 1. The predicted molar refractivity (Wildman–Crippen MR) is 63.5 cm³/mol. The van der Waals surface area contributed by atoms with Crippen LogP contribution in [-0.4, -0.2) is 23.3 Å². The van der Waals surface area contributed by atoms with E-state index in [4.69, 9.17) is 4.74 Å². The van der Waals surface area contributed by atoms with Crippen molar-refractivity contribution < 1.29 is 14.3 Å². The van der Waals surface area contributed by atoms with E-state index in [0.29, 0.717) is 5.69 Å². The van der Waals surface area contributed by atoms with Crippen molar-refractivity contribution >= 4 is 11.8 Å². The SMILES string of the molecule is CCOC(=O)CC(=O)C(C)(C)c1ccccn1. The summed E-state index contributed by atoms with van der Waals surface area (Å²) >= 11 is 0. The summed E-state index contributed by atoms with van der Waals surface area (Å²) < 4.78 is 4.76. The summed E-state index contributed by atoms with van der Waals surface area (Å²) in [6, 6.07) is 5.39. The molecule has 0 amide bonds. The first-order valence-corrected chi connectivity index (χ1v) is 5.59. The van der Waals surface area contributed by atoms with E-state index in [1.807, 2.05) is 6.07 Å². The summed E-state index contributed by atoms with van der Waals surface area (Å²) in [6.45, 7) is 5.52. The van der Waals surface area contributed by atoms with Crippen molar-refractivity contribution in [3.05, 3.63) is 30.1 Å². The molecule has 92 valence electrons. The van der Waals surface area contributed by atoms with Crippen LogP contribution in [-0.2, 0) is 19.7 Å². The number of ketones is 1. The standard InChI is InChI=1S/C13H17NO3/c1-4-17-12(16)9-11(15)13(2,3)10-7-5-6-8-14-10/h5-8H,4,9H2,1-3H3. The van der Waals surface area contributed by atoms with Gasteiger partial charge in [0.1, 0.15) is 6.42 Å². The number of esters is 1. The number of nitrogens with zero attached hydrogens (tertiary/aromatic N) is 1. The van der Waals surface area contributed by atoms with Crippen LogP contribution in [0.15, 0.2) is 24.4 Å². The van der Waals surface area contributed by atoms with Gasteiger partial charge in [-0.25, -0.2) is 0 Å². The summed E-state index contributed by atoms with van der Waals surface area (Å²) in [5, 5.41) is 0. The lowest BCUT2D eigenvalue weighted by atomic mass is 9.82. The minimum absolute atomic E-state index is 0.186. The molecule has 4 nitrogen and oxygen atoms in total. The van der Waals surface area contributed by atoms with Gasteiger partial charge in [0.2, 0.25) is 0 Å². The molecule has 1 aromatic heterocycles. The molecule has 17 heavy (non-hydrogen) atoms. The second kappa shape index (κ2) is 5.57. The van der Waals surface area contributed by atoms with Gasteiger partial charge in [-0.3, -0.25) is 14.6 Å². The lowest BCUT2D eigenvalue weighted by Gasteiger charge is -2.21. The molecule has 1 heterocycles. The number of hydrogen-bond acceptors (Lipinski definition) is 4. The quantitative estimate of drug-likeness (QED) is 0.577. The summed E-state index contributed by atoms with van der Waals surface area (Å²) in [4.78, 5) is 27.4. The maximum Gasteiger partial charge on any atom is 0.313 e. The second-order valence-electron chi connectivity index (χ2n) is 4.24. The molecule has 0 spiro atoms. The van der Waals surface area contributed by atoms with Crippen molar-refractivity contribution in [1.29, 1.82) is 0 Å². The van der Waals surface area contributed by atoms with E-state index >= 15 is 0 Å². The van der Waals surface area contributed by atoms with Crippen LogP contribution in [0.3, 0.4) is 0 Å². The maximum absolute atomic E-state index is 12.0. The average Bonchev–Trinajstić information content (AvgIpc) is 2.30. The van der Waals surface area contributed by atoms with E-state index in [9.17, 15) is 9.59 Å². The lowest BCUT2D eigenvalue weighted by Crippen LogP contribution is -2.32. The van der Waals surface area contributed by atoms with Gasteiger partial charge in [-0.15, -0.1) is 0 Å².